The molecule has 6 heteroatoms. The first-order valence-electron chi connectivity index (χ1n) is 6.02. The van der Waals surface area contributed by atoms with Gasteiger partial charge in [-0.25, -0.2) is 13.4 Å². The lowest BCUT2D eigenvalue weighted by Gasteiger charge is -2.23. The van der Waals surface area contributed by atoms with E-state index in [1.807, 2.05) is 12.1 Å². The minimum absolute atomic E-state index is 0.285. The molecule has 0 spiro atoms. The molecule has 0 unspecified atom stereocenters. The van der Waals surface area contributed by atoms with E-state index in [1.165, 1.54) is 0 Å². The SMILES string of the molecule is COc1cc(CNC2CCS(=O)(=O)CC2)ccn1. The number of sulfone groups is 1. The number of nitrogens with one attached hydrogen (secondary N) is 1. The number of rotatable bonds is 4. The summed E-state index contributed by atoms with van der Waals surface area (Å²) in [5.41, 5.74) is 1.09. The molecule has 1 N–H and O–H groups in total. The summed E-state index contributed by atoms with van der Waals surface area (Å²) in [6.07, 6.45) is 3.11. The van der Waals surface area contributed by atoms with Crippen molar-refractivity contribution < 1.29 is 13.2 Å². The highest BCUT2D eigenvalue weighted by atomic mass is 32.2. The molecule has 0 saturated carbocycles. The van der Waals surface area contributed by atoms with Gasteiger partial charge in [-0.2, -0.15) is 0 Å². The van der Waals surface area contributed by atoms with Crippen molar-refractivity contribution >= 4 is 9.84 Å². The first-order chi connectivity index (χ1) is 8.59. The minimum atomic E-state index is -2.78. The molecule has 1 aromatic heterocycles. The molecule has 1 fully saturated rings. The van der Waals surface area contributed by atoms with Gasteiger partial charge in [0.05, 0.1) is 18.6 Å². The standard InChI is InChI=1S/C12H18N2O3S/c1-17-12-8-10(2-5-13-12)9-14-11-3-6-18(15,16)7-4-11/h2,5,8,11,14H,3-4,6-7,9H2,1H3. The quantitative estimate of drug-likeness (QED) is 0.874. The molecule has 1 aromatic rings. The van der Waals surface area contributed by atoms with Crippen LogP contribution in [0.5, 0.6) is 5.88 Å². The van der Waals surface area contributed by atoms with Crippen LogP contribution < -0.4 is 10.1 Å². The Kier molecular flexibility index (Phi) is 4.19. The van der Waals surface area contributed by atoms with Gasteiger partial charge in [0.2, 0.25) is 5.88 Å². The summed E-state index contributed by atoms with van der Waals surface area (Å²) in [5, 5.41) is 3.38. The summed E-state index contributed by atoms with van der Waals surface area (Å²) >= 11 is 0. The zero-order chi connectivity index (χ0) is 13.0. The second-order valence-corrected chi connectivity index (χ2v) is 6.82. The molecule has 0 amide bonds. The Labute approximate surface area is 107 Å². The molecule has 0 atom stereocenters. The number of nitrogens with zero attached hydrogens (tertiary/aromatic N) is 1. The zero-order valence-corrected chi connectivity index (χ0v) is 11.2. The first kappa shape index (κ1) is 13.3. The molecular weight excluding hydrogens is 252 g/mol. The van der Waals surface area contributed by atoms with E-state index in [2.05, 4.69) is 10.3 Å². The highest BCUT2D eigenvalue weighted by molar-refractivity contribution is 7.91. The molecule has 1 aliphatic heterocycles. The summed E-state index contributed by atoms with van der Waals surface area (Å²) < 4.78 is 27.7. The topological polar surface area (TPSA) is 68.3 Å². The van der Waals surface area contributed by atoms with Crippen LogP contribution >= 0.6 is 0 Å². The Morgan fingerprint density at radius 1 is 1.44 bits per heavy atom. The van der Waals surface area contributed by atoms with Gasteiger partial charge in [0, 0.05) is 24.8 Å². The number of methoxy groups -OCH3 is 1. The van der Waals surface area contributed by atoms with E-state index >= 15 is 0 Å². The lowest BCUT2D eigenvalue weighted by atomic mass is 10.1. The van der Waals surface area contributed by atoms with E-state index in [0.717, 1.165) is 5.56 Å². The maximum absolute atomic E-state index is 11.3. The maximum Gasteiger partial charge on any atom is 0.213 e. The Morgan fingerprint density at radius 2 is 2.17 bits per heavy atom. The lowest BCUT2D eigenvalue weighted by Crippen LogP contribution is -2.37. The third kappa shape index (κ3) is 3.68. The Balaban J connectivity index is 1.85. The number of aromatic nitrogens is 1. The molecule has 2 heterocycles. The van der Waals surface area contributed by atoms with Gasteiger partial charge in [-0.15, -0.1) is 0 Å². The van der Waals surface area contributed by atoms with Gasteiger partial charge in [-0.3, -0.25) is 0 Å². The summed E-state index contributed by atoms with van der Waals surface area (Å²) in [4.78, 5) is 4.04. The van der Waals surface area contributed by atoms with E-state index in [-0.39, 0.29) is 6.04 Å². The Bertz CT molecular complexity index is 488. The summed E-state index contributed by atoms with van der Waals surface area (Å²) in [5.74, 6) is 1.19. The average Bonchev–Trinajstić information content (AvgIpc) is 2.38. The van der Waals surface area contributed by atoms with Crippen LogP contribution in [0.3, 0.4) is 0 Å². The van der Waals surface area contributed by atoms with Crippen LogP contribution in [-0.4, -0.2) is 38.1 Å². The number of pyridine rings is 1. The predicted molar refractivity (Wildman–Crippen MR) is 69.3 cm³/mol. The fourth-order valence-electron chi connectivity index (χ4n) is 2.03. The van der Waals surface area contributed by atoms with Crippen molar-refractivity contribution in [3.8, 4) is 5.88 Å². The van der Waals surface area contributed by atoms with Gasteiger partial charge in [0.25, 0.3) is 0 Å². The molecule has 100 valence electrons. The van der Waals surface area contributed by atoms with Crippen molar-refractivity contribution in [2.75, 3.05) is 18.6 Å². The molecule has 0 aromatic carbocycles. The monoisotopic (exact) mass is 270 g/mol. The van der Waals surface area contributed by atoms with E-state index in [0.29, 0.717) is 36.8 Å². The van der Waals surface area contributed by atoms with Crippen LogP contribution in [-0.2, 0) is 16.4 Å². The van der Waals surface area contributed by atoms with Crippen molar-refractivity contribution in [3.63, 3.8) is 0 Å². The highest BCUT2D eigenvalue weighted by Crippen LogP contribution is 2.14. The second-order valence-electron chi connectivity index (χ2n) is 4.51. The molecule has 1 saturated heterocycles. The van der Waals surface area contributed by atoms with Crippen LogP contribution in [0.25, 0.3) is 0 Å². The second kappa shape index (κ2) is 5.67. The van der Waals surface area contributed by atoms with Gasteiger partial charge in [0.1, 0.15) is 9.84 Å². The Hall–Kier alpha value is -1.14. The average molecular weight is 270 g/mol. The lowest BCUT2D eigenvalue weighted by molar-refractivity contribution is 0.396. The third-order valence-corrected chi connectivity index (χ3v) is 4.87. The number of hydrogen-bond donors (Lipinski definition) is 1. The van der Waals surface area contributed by atoms with E-state index in [1.54, 1.807) is 13.3 Å². The van der Waals surface area contributed by atoms with Crippen LogP contribution in [0.4, 0.5) is 0 Å². The fraction of sp³-hybridized carbons (Fsp3) is 0.583. The van der Waals surface area contributed by atoms with Crippen molar-refractivity contribution in [2.24, 2.45) is 0 Å². The molecule has 0 bridgehead atoms. The van der Waals surface area contributed by atoms with Gasteiger partial charge in [-0.05, 0) is 24.5 Å². The third-order valence-electron chi connectivity index (χ3n) is 3.16. The van der Waals surface area contributed by atoms with Crippen molar-refractivity contribution in [2.45, 2.75) is 25.4 Å². The smallest absolute Gasteiger partial charge is 0.213 e. The van der Waals surface area contributed by atoms with Gasteiger partial charge in [0.15, 0.2) is 0 Å². The van der Waals surface area contributed by atoms with Gasteiger partial charge < -0.3 is 10.1 Å². The minimum Gasteiger partial charge on any atom is -0.481 e. The van der Waals surface area contributed by atoms with Crippen LogP contribution in [0.15, 0.2) is 18.3 Å². The first-order valence-corrected chi connectivity index (χ1v) is 7.84. The predicted octanol–water partition coefficient (Wildman–Crippen LogP) is 0.757. The fourth-order valence-corrected chi connectivity index (χ4v) is 3.52. The molecule has 18 heavy (non-hydrogen) atoms. The number of ether oxygens (including phenoxy) is 1. The summed E-state index contributed by atoms with van der Waals surface area (Å²) in [7, 11) is -1.19. The van der Waals surface area contributed by atoms with Crippen molar-refractivity contribution in [3.05, 3.63) is 23.9 Å². The molecule has 5 nitrogen and oxygen atoms in total. The van der Waals surface area contributed by atoms with Crippen LogP contribution in [0, 0.1) is 0 Å². The van der Waals surface area contributed by atoms with Crippen LogP contribution in [0.2, 0.25) is 0 Å². The van der Waals surface area contributed by atoms with E-state index < -0.39 is 9.84 Å². The highest BCUT2D eigenvalue weighted by Gasteiger charge is 2.22. The maximum atomic E-state index is 11.3. The largest absolute Gasteiger partial charge is 0.481 e. The van der Waals surface area contributed by atoms with E-state index in [9.17, 15) is 8.42 Å². The molecular formula is C12H18N2O3S. The van der Waals surface area contributed by atoms with Crippen molar-refractivity contribution in [1.29, 1.82) is 0 Å². The molecule has 2 rings (SSSR count). The molecule has 0 aliphatic carbocycles. The van der Waals surface area contributed by atoms with Gasteiger partial charge in [-0.1, -0.05) is 0 Å². The van der Waals surface area contributed by atoms with E-state index in [4.69, 9.17) is 4.74 Å². The molecule has 0 radical (unpaired) electrons. The summed E-state index contributed by atoms with van der Waals surface area (Å²) in [6.45, 7) is 0.712. The zero-order valence-electron chi connectivity index (χ0n) is 10.4. The normalized spacial score (nSPS) is 19.6. The Morgan fingerprint density at radius 3 is 2.83 bits per heavy atom. The van der Waals surface area contributed by atoms with Crippen molar-refractivity contribution in [1.82, 2.24) is 10.3 Å². The summed E-state index contributed by atoms with van der Waals surface area (Å²) in [6, 6.07) is 4.09. The van der Waals surface area contributed by atoms with Crippen LogP contribution in [0.1, 0.15) is 18.4 Å². The van der Waals surface area contributed by atoms with Gasteiger partial charge >= 0.3 is 0 Å². The number of hydrogen-bond acceptors (Lipinski definition) is 5. The molecule has 1 aliphatic rings.